The van der Waals surface area contributed by atoms with Gasteiger partial charge < -0.3 is 15.3 Å². The minimum atomic E-state index is -0.704. The number of amides is 1. The summed E-state index contributed by atoms with van der Waals surface area (Å²) in [6.07, 6.45) is 2.35. The first-order valence-corrected chi connectivity index (χ1v) is 9.61. The van der Waals surface area contributed by atoms with Crippen LogP contribution in [0.5, 0.6) is 0 Å². The van der Waals surface area contributed by atoms with Gasteiger partial charge in [0.25, 0.3) is 5.91 Å². The van der Waals surface area contributed by atoms with Gasteiger partial charge in [0, 0.05) is 11.6 Å². The maximum absolute atomic E-state index is 13.0. The number of rotatable bonds is 6. The smallest absolute Gasteiger partial charge is 0.251 e. The molecule has 0 aliphatic heterocycles. The van der Waals surface area contributed by atoms with Gasteiger partial charge in [-0.05, 0) is 76.0 Å². The Balaban J connectivity index is 1.76. The van der Waals surface area contributed by atoms with Gasteiger partial charge in [-0.25, -0.2) is 0 Å². The van der Waals surface area contributed by atoms with E-state index in [0.717, 1.165) is 18.4 Å². The molecule has 1 aliphatic rings. The van der Waals surface area contributed by atoms with Gasteiger partial charge in [0.15, 0.2) is 0 Å². The molecule has 2 aromatic rings. The van der Waals surface area contributed by atoms with Crippen molar-refractivity contribution < 1.29 is 9.90 Å². The lowest BCUT2D eigenvalue weighted by atomic mass is 9.97. The van der Waals surface area contributed by atoms with Crippen LogP contribution in [0.4, 0.5) is 0 Å². The van der Waals surface area contributed by atoms with Crippen LogP contribution in [0.3, 0.4) is 0 Å². The molecule has 1 aliphatic carbocycles. The molecule has 4 heteroatoms. The summed E-state index contributed by atoms with van der Waals surface area (Å²) in [4.78, 5) is 15.1. The summed E-state index contributed by atoms with van der Waals surface area (Å²) in [5, 5.41) is 13.2. The highest BCUT2D eigenvalue weighted by Gasteiger charge is 2.34. The lowest BCUT2D eigenvalue weighted by Gasteiger charge is -2.27. The summed E-state index contributed by atoms with van der Waals surface area (Å²) < 4.78 is 0. The Kier molecular flexibility index (Phi) is 5.68. The fourth-order valence-electron chi connectivity index (χ4n) is 3.77. The largest absolute Gasteiger partial charge is 0.390 e. The van der Waals surface area contributed by atoms with E-state index in [1.54, 1.807) is 0 Å². The van der Waals surface area contributed by atoms with E-state index in [0.29, 0.717) is 12.0 Å². The van der Waals surface area contributed by atoms with Gasteiger partial charge in [-0.2, -0.15) is 0 Å². The van der Waals surface area contributed by atoms with Crippen molar-refractivity contribution in [3.8, 4) is 0 Å². The third kappa shape index (κ3) is 4.76. The number of carbonyl (C=O) groups is 1. The van der Waals surface area contributed by atoms with Crippen LogP contribution >= 0.6 is 0 Å². The molecular weight excluding hydrogens is 336 g/mol. The fourth-order valence-corrected chi connectivity index (χ4v) is 3.77. The molecule has 0 aromatic heterocycles. The topological polar surface area (TPSA) is 52.6 Å². The van der Waals surface area contributed by atoms with Crippen molar-refractivity contribution >= 4 is 5.91 Å². The first kappa shape index (κ1) is 19.6. The minimum absolute atomic E-state index is 0.0104. The Morgan fingerprint density at radius 2 is 1.93 bits per heavy atom. The number of likely N-dealkylation sites (N-methyl/N-ethyl adjacent to an activating group) is 1. The maximum atomic E-state index is 13.0. The van der Waals surface area contributed by atoms with E-state index in [2.05, 4.69) is 42.5 Å². The van der Waals surface area contributed by atoms with E-state index in [1.807, 2.05) is 44.2 Å². The molecular formula is C23H30N2O2. The molecule has 0 saturated carbocycles. The van der Waals surface area contributed by atoms with Crippen molar-refractivity contribution in [3.63, 3.8) is 0 Å². The van der Waals surface area contributed by atoms with Crippen LogP contribution in [0.2, 0.25) is 0 Å². The van der Waals surface area contributed by atoms with Gasteiger partial charge in [0.2, 0.25) is 0 Å². The second-order valence-electron chi connectivity index (χ2n) is 8.40. The number of hydrogen-bond acceptors (Lipinski definition) is 3. The number of hydrogen-bond donors (Lipinski definition) is 2. The van der Waals surface area contributed by atoms with Crippen molar-refractivity contribution in [2.45, 2.75) is 50.8 Å². The summed E-state index contributed by atoms with van der Waals surface area (Å²) in [5.41, 5.74) is 3.55. The Morgan fingerprint density at radius 1 is 1.19 bits per heavy atom. The molecule has 0 bridgehead atoms. The van der Waals surface area contributed by atoms with Gasteiger partial charge in [-0.1, -0.05) is 36.4 Å². The van der Waals surface area contributed by atoms with Crippen LogP contribution in [0, 0.1) is 0 Å². The number of carbonyl (C=O) groups excluding carboxylic acids is 1. The molecule has 1 amide bonds. The summed E-state index contributed by atoms with van der Waals surface area (Å²) in [6.45, 7) is 3.62. The Bertz CT molecular complexity index is 808. The molecule has 0 spiro atoms. The van der Waals surface area contributed by atoms with Gasteiger partial charge in [-0.15, -0.1) is 0 Å². The first-order chi connectivity index (χ1) is 12.7. The predicted molar refractivity (Wildman–Crippen MR) is 109 cm³/mol. The molecule has 27 heavy (non-hydrogen) atoms. The summed E-state index contributed by atoms with van der Waals surface area (Å²) >= 11 is 0. The summed E-state index contributed by atoms with van der Waals surface area (Å²) in [5.74, 6) is -0.0475. The second-order valence-corrected chi connectivity index (χ2v) is 8.40. The number of nitrogens with zero attached hydrogens (tertiary/aromatic N) is 1. The number of aliphatic hydroxyl groups is 1. The molecule has 0 radical (unpaired) electrons. The lowest BCUT2D eigenvalue weighted by Crippen LogP contribution is -2.41. The van der Waals surface area contributed by atoms with Gasteiger partial charge in [0.1, 0.15) is 0 Å². The number of aryl methyl sites for hydroxylation is 1. The molecule has 2 aromatic carbocycles. The predicted octanol–water partition coefficient (Wildman–Crippen LogP) is 3.35. The third-order valence-corrected chi connectivity index (χ3v) is 5.37. The second kappa shape index (κ2) is 7.83. The molecule has 2 atom stereocenters. The molecule has 0 fully saturated rings. The standard InChI is InChI=1S/C23H30N2O2/c1-23(2,27)13-12-16-8-7-10-18(14-16)22(26)24-21-19-11-6-5-9-17(19)15-20(21)25(3)4/h5-11,14,20-21,27H,12-13,15H2,1-4H3,(H,24,26)/t20-,21-/m1/s1. The normalized spacial score (nSPS) is 19.2. The van der Waals surface area contributed by atoms with Crippen LogP contribution in [0.15, 0.2) is 48.5 Å². The number of benzene rings is 2. The molecule has 0 saturated heterocycles. The van der Waals surface area contributed by atoms with E-state index in [9.17, 15) is 9.90 Å². The van der Waals surface area contributed by atoms with E-state index in [1.165, 1.54) is 11.1 Å². The SMILES string of the molecule is CN(C)[C@@H]1Cc2ccccc2[C@H]1NC(=O)c1cccc(CCC(C)(C)O)c1. The van der Waals surface area contributed by atoms with Crippen LogP contribution < -0.4 is 5.32 Å². The number of nitrogens with one attached hydrogen (secondary N) is 1. The van der Waals surface area contributed by atoms with Gasteiger partial charge in [-0.3, -0.25) is 4.79 Å². The Labute approximate surface area is 162 Å². The quantitative estimate of drug-likeness (QED) is 0.824. The fraction of sp³-hybridized carbons (Fsp3) is 0.435. The average molecular weight is 367 g/mol. The van der Waals surface area contributed by atoms with Crippen LogP contribution in [0.25, 0.3) is 0 Å². The van der Waals surface area contributed by atoms with Crippen molar-refractivity contribution in [2.75, 3.05) is 14.1 Å². The van der Waals surface area contributed by atoms with E-state index < -0.39 is 5.60 Å². The molecule has 2 N–H and O–H groups in total. The van der Waals surface area contributed by atoms with E-state index >= 15 is 0 Å². The number of fused-ring (bicyclic) bond motifs is 1. The molecule has 4 nitrogen and oxygen atoms in total. The lowest BCUT2D eigenvalue weighted by molar-refractivity contribution is 0.0714. The molecule has 0 unspecified atom stereocenters. The monoisotopic (exact) mass is 366 g/mol. The zero-order chi connectivity index (χ0) is 19.6. The minimum Gasteiger partial charge on any atom is -0.390 e. The van der Waals surface area contributed by atoms with Crippen LogP contribution in [0.1, 0.15) is 53.4 Å². The van der Waals surface area contributed by atoms with Crippen molar-refractivity contribution in [1.82, 2.24) is 10.2 Å². The summed E-state index contributed by atoms with van der Waals surface area (Å²) in [7, 11) is 4.12. The summed E-state index contributed by atoms with van der Waals surface area (Å²) in [6, 6.07) is 16.3. The van der Waals surface area contributed by atoms with Crippen LogP contribution in [-0.4, -0.2) is 41.7 Å². The Morgan fingerprint density at radius 3 is 2.63 bits per heavy atom. The first-order valence-electron chi connectivity index (χ1n) is 9.61. The van der Waals surface area contributed by atoms with Gasteiger partial charge in [0.05, 0.1) is 11.6 Å². The van der Waals surface area contributed by atoms with E-state index in [-0.39, 0.29) is 18.0 Å². The van der Waals surface area contributed by atoms with E-state index in [4.69, 9.17) is 0 Å². The maximum Gasteiger partial charge on any atom is 0.251 e. The van der Waals surface area contributed by atoms with Gasteiger partial charge >= 0.3 is 0 Å². The molecule has 0 heterocycles. The highest BCUT2D eigenvalue weighted by molar-refractivity contribution is 5.94. The third-order valence-electron chi connectivity index (χ3n) is 5.37. The average Bonchev–Trinajstić information content (AvgIpc) is 2.99. The van der Waals surface area contributed by atoms with Crippen LogP contribution in [-0.2, 0) is 12.8 Å². The molecule has 144 valence electrons. The van der Waals surface area contributed by atoms with Crippen molar-refractivity contribution in [2.24, 2.45) is 0 Å². The highest BCUT2D eigenvalue weighted by atomic mass is 16.3. The highest BCUT2D eigenvalue weighted by Crippen LogP contribution is 2.33. The Hall–Kier alpha value is -2.17. The molecule has 3 rings (SSSR count). The zero-order valence-corrected chi connectivity index (χ0v) is 16.7. The van der Waals surface area contributed by atoms with Crippen molar-refractivity contribution in [3.05, 3.63) is 70.8 Å². The zero-order valence-electron chi connectivity index (χ0n) is 16.7. The van der Waals surface area contributed by atoms with Crippen molar-refractivity contribution in [1.29, 1.82) is 0 Å².